The molecule has 0 aliphatic heterocycles. The first-order chi connectivity index (χ1) is 8.74. The Labute approximate surface area is 109 Å². The molecule has 0 atom stereocenters. The number of thioether (sulfide) groups is 1. The fourth-order valence-corrected chi connectivity index (χ4v) is 2.55. The molecule has 0 radical (unpaired) electrons. The first kappa shape index (κ1) is 12.9. The fourth-order valence-electron chi connectivity index (χ4n) is 1.66. The van der Waals surface area contributed by atoms with Crippen LogP contribution < -0.4 is 5.73 Å². The Hall–Kier alpha value is -1.59. The van der Waals surface area contributed by atoms with Crippen LogP contribution in [0.3, 0.4) is 0 Å². The highest BCUT2D eigenvalue weighted by molar-refractivity contribution is 7.99. The Morgan fingerprint density at radius 2 is 2.17 bits per heavy atom. The van der Waals surface area contributed by atoms with E-state index in [0.717, 1.165) is 0 Å². The number of pyridine rings is 1. The smallest absolute Gasteiger partial charge is 0.132 e. The molecule has 0 aliphatic rings. The molecule has 94 valence electrons. The quantitative estimate of drug-likeness (QED) is 0.658. The zero-order valence-corrected chi connectivity index (χ0v) is 10.5. The molecule has 1 aromatic carbocycles. The molecule has 2 rings (SSSR count). The van der Waals surface area contributed by atoms with Crippen LogP contribution in [0.5, 0.6) is 0 Å². The molecule has 18 heavy (non-hydrogen) atoms. The largest absolute Gasteiger partial charge is 0.398 e. The van der Waals surface area contributed by atoms with Crippen LogP contribution in [0.2, 0.25) is 0 Å². The molecule has 1 heterocycles. The van der Waals surface area contributed by atoms with E-state index in [9.17, 15) is 4.39 Å². The minimum atomic E-state index is -0.336. The van der Waals surface area contributed by atoms with E-state index < -0.39 is 0 Å². The maximum absolute atomic E-state index is 14.0. The third-order valence-electron chi connectivity index (χ3n) is 2.43. The first-order valence-electron chi connectivity index (χ1n) is 5.46. The lowest BCUT2D eigenvalue weighted by atomic mass is 10.1. The molecule has 3 N–H and O–H groups in total. The number of aliphatic hydroxyl groups excluding tert-OH is 1. The number of hydrogen-bond donors (Lipinski definition) is 2. The van der Waals surface area contributed by atoms with Crippen molar-refractivity contribution in [3.63, 3.8) is 0 Å². The molecule has 3 nitrogen and oxygen atoms in total. The van der Waals surface area contributed by atoms with Gasteiger partial charge >= 0.3 is 0 Å². The van der Waals surface area contributed by atoms with Crippen LogP contribution >= 0.6 is 11.8 Å². The Morgan fingerprint density at radius 1 is 1.33 bits per heavy atom. The molecular formula is C13H13FN2OS. The Balaban J connectivity index is 2.53. The third-order valence-corrected chi connectivity index (χ3v) is 3.54. The van der Waals surface area contributed by atoms with Gasteiger partial charge in [0.1, 0.15) is 5.82 Å². The number of aromatic nitrogens is 1. The minimum Gasteiger partial charge on any atom is -0.398 e. The van der Waals surface area contributed by atoms with Gasteiger partial charge in [0, 0.05) is 39.9 Å². The predicted octanol–water partition coefficient (Wildman–Crippen LogP) is 2.55. The average Bonchev–Trinajstić information content (AvgIpc) is 2.40. The summed E-state index contributed by atoms with van der Waals surface area (Å²) in [6.45, 7) is 0.0209. The van der Waals surface area contributed by atoms with E-state index in [1.54, 1.807) is 24.5 Å². The van der Waals surface area contributed by atoms with Crippen LogP contribution in [0.15, 0.2) is 41.6 Å². The van der Waals surface area contributed by atoms with Crippen LogP contribution in [0, 0.1) is 5.82 Å². The highest BCUT2D eigenvalue weighted by atomic mass is 32.2. The number of halogens is 1. The molecule has 0 saturated heterocycles. The molecule has 2 aromatic rings. The third kappa shape index (κ3) is 2.63. The molecule has 5 heteroatoms. The molecule has 0 unspecified atom stereocenters. The minimum absolute atomic E-state index is 0.0209. The summed E-state index contributed by atoms with van der Waals surface area (Å²) >= 11 is 1.34. The van der Waals surface area contributed by atoms with Gasteiger partial charge in [-0.15, -0.1) is 11.8 Å². The summed E-state index contributed by atoms with van der Waals surface area (Å²) in [4.78, 5) is 4.64. The van der Waals surface area contributed by atoms with E-state index in [1.165, 1.54) is 23.9 Å². The van der Waals surface area contributed by atoms with Gasteiger partial charge in [0.05, 0.1) is 6.61 Å². The van der Waals surface area contributed by atoms with Gasteiger partial charge < -0.3 is 10.8 Å². The lowest BCUT2D eigenvalue weighted by Crippen LogP contribution is -1.97. The molecule has 0 bridgehead atoms. The molecular weight excluding hydrogens is 251 g/mol. The van der Waals surface area contributed by atoms with Crippen molar-refractivity contribution in [1.82, 2.24) is 4.98 Å². The van der Waals surface area contributed by atoms with E-state index in [1.807, 2.05) is 0 Å². The molecule has 0 aliphatic carbocycles. The maximum Gasteiger partial charge on any atom is 0.132 e. The molecule has 1 aromatic heterocycles. The first-order valence-corrected chi connectivity index (χ1v) is 6.44. The number of nitrogen functional groups attached to an aromatic ring is 1. The van der Waals surface area contributed by atoms with Crippen molar-refractivity contribution in [1.29, 1.82) is 0 Å². The van der Waals surface area contributed by atoms with Crippen molar-refractivity contribution >= 4 is 17.4 Å². The standard InChI is InChI=1S/C13H13FN2OS/c14-10-3-4-11(15)13(18-7-6-17)12(10)9-2-1-5-16-8-9/h1-5,8,17H,6-7,15H2. The number of anilines is 1. The summed E-state index contributed by atoms with van der Waals surface area (Å²) in [6, 6.07) is 6.42. The average molecular weight is 264 g/mol. The summed E-state index contributed by atoms with van der Waals surface area (Å²) in [5, 5.41) is 8.88. The summed E-state index contributed by atoms with van der Waals surface area (Å²) in [6.07, 6.45) is 3.23. The predicted molar refractivity (Wildman–Crippen MR) is 71.9 cm³/mol. The van der Waals surface area contributed by atoms with Gasteiger partial charge in [-0.05, 0) is 18.2 Å². The topological polar surface area (TPSA) is 59.1 Å². The van der Waals surface area contributed by atoms with E-state index in [2.05, 4.69) is 4.98 Å². The zero-order valence-electron chi connectivity index (χ0n) is 9.64. The Bertz CT molecular complexity index is 534. The monoisotopic (exact) mass is 264 g/mol. The molecule has 0 saturated carbocycles. The van der Waals surface area contributed by atoms with Gasteiger partial charge in [-0.25, -0.2) is 4.39 Å². The van der Waals surface area contributed by atoms with Gasteiger partial charge in [0.15, 0.2) is 0 Å². The molecule has 0 amide bonds. The molecule has 0 spiro atoms. The van der Waals surface area contributed by atoms with Crippen LogP contribution in [0.4, 0.5) is 10.1 Å². The van der Waals surface area contributed by atoms with Gasteiger partial charge in [-0.1, -0.05) is 6.07 Å². The van der Waals surface area contributed by atoms with Crippen molar-refractivity contribution in [3.8, 4) is 11.1 Å². The summed E-state index contributed by atoms with van der Waals surface area (Å²) in [7, 11) is 0. The second kappa shape index (κ2) is 5.84. The van der Waals surface area contributed by atoms with E-state index >= 15 is 0 Å². The number of rotatable bonds is 4. The highest BCUT2D eigenvalue weighted by Gasteiger charge is 2.14. The van der Waals surface area contributed by atoms with Crippen molar-refractivity contribution in [2.24, 2.45) is 0 Å². The number of nitrogens with two attached hydrogens (primary N) is 1. The maximum atomic E-state index is 14.0. The van der Waals surface area contributed by atoms with Crippen molar-refractivity contribution < 1.29 is 9.50 Å². The van der Waals surface area contributed by atoms with Crippen molar-refractivity contribution in [3.05, 3.63) is 42.5 Å². The summed E-state index contributed by atoms with van der Waals surface area (Å²) in [5.41, 5.74) is 7.52. The lowest BCUT2D eigenvalue weighted by Gasteiger charge is -2.12. The lowest BCUT2D eigenvalue weighted by molar-refractivity contribution is 0.322. The normalized spacial score (nSPS) is 10.6. The summed E-state index contributed by atoms with van der Waals surface area (Å²) < 4.78 is 14.0. The van der Waals surface area contributed by atoms with Gasteiger partial charge in [0.2, 0.25) is 0 Å². The van der Waals surface area contributed by atoms with Crippen LogP contribution in [0.25, 0.3) is 11.1 Å². The van der Waals surface area contributed by atoms with Gasteiger partial charge in [0.25, 0.3) is 0 Å². The SMILES string of the molecule is Nc1ccc(F)c(-c2cccnc2)c1SCCO. The number of benzene rings is 1. The Morgan fingerprint density at radius 3 is 2.83 bits per heavy atom. The van der Waals surface area contributed by atoms with Crippen molar-refractivity contribution in [2.45, 2.75) is 4.90 Å². The van der Waals surface area contributed by atoms with Crippen molar-refractivity contribution in [2.75, 3.05) is 18.1 Å². The van der Waals surface area contributed by atoms with Gasteiger partial charge in [-0.2, -0.15) is 0 Å². The number of aliphatic hydroxyl groups is 1. The van der Waals surface area contributed by atoms with Gasteiger partial charge in [-0.3, -0.25) is 4.98 Å². The second-order valence-corrected chi connectivity index (χ2v) is 4.76. The number of hydrogen-bond acceptors (Lipinski definition) is 4. The van der Waals surface area contributed by atoms with Crippen LogP contribution in [-0.4, -0.2) is 22.5 Å². The second-order valence-electron chi connectivity index (χ2n) is 3.65. The summed E-state index contributed by atoms with van der Waals surface area (Å²) in [5.74, 6) is 0.138. The molecule has 0 fully saturated rings. The van der Waals surface area contributed by atoms with Crippen LogP contribution in [-0.2, 0) is 0 Å². The number of nitrogens with zero attached hydrogens (tertiary/aromatic N) is 1. The van der Waals surface area contributed by atoms with E-state index in [0.29, 0.717) is 27.5 Å². The van der Waals surface area contributed by atoms with Crippen LogP contribution in [0.1, 0.15) is 0 Å². The Kier molecular flexibility index (Phi) is 4.17. The fraction of sp³-hybridized carbons (Fsp3) is 0.154. The van der Waals surface area contributed by atoms with E-state index in [-0.39, 0.29) is 12.4 Å². The highest BCUT2D eigenvalue weighted by Crippen LogP contribution is 2.37. The van der Waals surface area contributed by atoms with E-state index in [4.69, 9.17) is 10.8 Å². The zero-order chi connectivity index (χ0) is 13.0.